The summed E-state index contributed by atoms with van der Waals surface area (Å²) in [6, 6.07) is 12.3. The molecule has 2 aromatic carbocycles. The molecule has 1 aromatic heterocycles. The Hall–Kier alpha value is -1.67. The molecular formula is C16H11BrCl2N4OS. The fourth-order valence-corrected chi connectivity index (χ4v) is 3.71. The zero-order valence-electron chi connectivity index (χ0n) is 12.6. The summed E-state index contributed by atoms with van der Waals surface area (Å²) >= 11 is 16.6. The van der Waals surface area contributed by atoms with Gasteiger partial charge in [-0.1, -0.05) is 62.6 Å². The van der Waals surface area contributed by atoms with E-state index in [0.29, 0.717) is 27.3 Å². The summed E-state index contributed by atoms with van der Waals surface area (Å²) in [7, 11) is 0. The molecule has 0 atom stereocenters. The minimum Gasteiger partial charge on any atom is -0.306 e. The number of nitrogens with one attached hydrogen (secondary N) is 2. The maximum Gasteiger partial charge on any atom is 0.325 e. The number of benzene rings is 2. The van der Waals surface area contributed by atoms with Crippen LogP contribution in [0.25, 0.3) is 0 Å². The lowest BCUT2D eigenvalue weighted by molar-refractivity contribution is 0.262. The predicted molar refractivity (Wildman–Crippen MR) is 106 cm³/mol. The smallest absolute Gasteiger partial charge is 0.306 e. The molecule has 0 saturated heterocycles. The minimum absolute atomic E-state index is 0.357. The van der Waals surface area contributed by atoms with Crippen LogP contribution in [0.15, 0.2) is 46.9 Å². The highest BCUT2D eigenvalue weighted by Crippen LogP contribution is 2.26. The second kappa shape index (κ2) is 8.14. The molecule has 0 aliphatic heterocycles. The van der Waals surface area contributed by atoms with Crippen LogP contribution in [-0.4, -0.2) is 16.2 Å². The van der Waals surface area contributed by atoms with Crippen molar-refractivity contribution in [1.29, 1.82) is 0 Å². The fourth-order valence-electron chi connectivity index (χ4n) is 2.04. The summed E-state index contributed by atoms with van der Waals surface area (Å²) in [4.78, 5) is 12.1. The first kappa shape index (κ1) is 18.1. The molecule has 5 nitrogen and oxygen atoms in total. The van der Waals surface area contributed by atoms with Gasteiger partial charge < -0.3 is 5.32 Å². The van der Waals surface area contributed by atoms with Gasteiger partial charge in [-0.25, -0.2) is 4.79 Å². The number of halogens is 3. The molecule has 3 rings (SSSR count). The Labute approximate surface area is 166 Å². The molecule has 9 heteroatoms. The van der Waals surface area contributed by atoms with Crippen LogP contribution in [0, 0.1) is 0 Å². The molecular weight excluding hydrogens is 447 g/mol. The standard InChI is InChI=1S/C16H11BrCl2N4OS/c17-10-3-1-2-9(6-10)7-14-22-23-16(25-14)21-15(24)20-13-5-4-11(18)8-12(13)19/h1-6,8H,7H2,(H2,20,21,23,24). The number of carbonyl (C=O) groups excluding carboxylic acids is 1. The van der Waals surface area contributed by atoms with E-state index in [9.17, 15) is 4.79 Å². The van der Waals surface area contributed by atoms with E-state index in [2.05, 4.69) is 36.8 Å². The van der Waals surface area contributed by atoms with Crippen molar-refractivity contribution in [1.82, 2.24) is 10.2 Å². The molecule has 0 aliphatic rings. The van der Waals surface area contributed by atoms with Gasteiger partial charge in [-0.15, -0.1) is 10.2 Å². The predicted octanol–water partition coefficient (Wildman–Crippen LogP) is 5.84. The van der Waals surface area contributed by atoms with Crippen molar-refractivity contribution < 1.29 is 4.79 Å². The maximum atomic E-state index is 12.1. The summed E-state index contributed by atoms with van der Waals surface area (Å²) in [5.74, 6) is 0. The molecule has 0 saturated carbocycles. The van der Waals surface area contributed by atoms with Gasteiger partial charge in [0, 0.05) is 15.9 Å². The third kappa shape index (κ3) is 5.15. The number of anilines is 2. The second-order valence-corrected chi connectivity index (χ2v) is 7.83. The number of carbonyl (C=O) groups is 1. The molecule has 128 valence electrons. The van der Waals surface area contributed by atoms with E-state index in [4.69, 9.17) is 23.2 Å². The first-order valence-electron chi connectivity index (χ1n) is 7.09. The monoisotopic (exact) mass is 456 g/mol. The van der Waals surface area contributed by atoms with Gasteiger partial charge in [0.25, 0.3) is 0 Å². The Morgan fingerprint density at radius 1 is 1.12 bits per heavy atom. The lowest BCUT2D eigenvalue weighted by Gasteiger charge is -2.07. The second-order valence-electron chi connectivity index (χ2n) is 5.01. The first-order valence-corrected chi connectivity index (χ1v) is 9.46. The molecule has 3 aromatic rings. The zero-order valence-corrected chi connectivity index (χ0v) is 16.5. The molecule has 2 N–H and O–H groups in total. The molecule has 0 aliphatic carbocycles. The highest BCUT2D eigenvalue weighted by molar-refractivity contribution is 9.10. The van der Waals surface area contributed by atoms with E-state index in [0.717, 1.165) is 15.0 Å². The number of hydrogen-bond donors (Lipinski definition) is 2. The van der Waals surface area contributed by atoms with Crippen LogP contribution in [0.1, 0.15) is 10.6 Å². The molecule has 1 heterocycles. The Kier molecular flexibility index (Phi) is 5.90. The van der Waals surface area contributed by atoms with Crippen LogP contribution >= 0.6 is 50.5 Å². The molecule has 0 radical (unpaired) electrons. The Balaban J connectivity index is 1.61. The van der Waals surface area contributed by atoms with Crippen LogP contribution in [0.4, 0.5) is 15.6 Å². The van der Waals surface area contributed by atoms with Crippen molar-refractivity contribution in [2.24, 2.45) is 0 Å². The average molecular weight is 458 g/mol. The lowest BCUT2D eigenvalue weighted by atomic mass is 10.2. The molecule has 25 heavy (non-hydrogen) atoms. The van der Waals surface area contributed by atoms with Gasteiger partial charge in [-0.2, -0.15) is 0 Å². The zero-order chi connectivity index (χ0) is 17.8. The van der Waals surface area contributed by atoms with Crippen LogP contribution in [0.2, 0.25) is 10.0 Å². The van der Waals surface area contributed by atoms with Crippen molar-refractivity contribution in [3.8, 4) is 0 Å². The van der Waals surface area contributed by atoms with Crippen molar-refractivity contribution in [2.75, 3.05) is 10.6 Å². The molecule has 0 unspecified atom stereocenters. The van der Waals surface area contributed by atoms with Gasteiger partial charge in [0.05, 0.1) is 10.7 Å². The Bertz CT molecular complexity index is 919. The van der Waals surface area contributed by atoms with E-state index in [1.807, 2.05) is 24.3 Å². The maximum absolute atomic E-state index is 12.1. The average Bonchev–Trinajstić information content (AvgIpc) is 2.97. The van der Waals surface area contributed by atoms with Gasteiger partial charge in [-0.05, 0) is 35.9 Å². The SMILES string of the molecule is O=C(Nc1nnc(Cc2cccc(Br)c2)s1)Nc1ccc(Cl)cc1Cl. The number of aromatic nitrogens is 2. The summed E-state index contributed by atoms with van der Waals surface area (Å²) < 4.78 is 1.01. The van der Waals surface area contributed by atoms with E-state index < -0.39 is 6.03 Å². The van der Waals surface area contributed by atoms with Crippen molar-refractivity contribution >= 4 is 67.3 Å². The summed E-state index contributed by atoms with van der Waals surface area (Å²) in [6.45, 7) is 0. The van der Waals surface area contributed by atoms with Crippen molar-refractivity contribution in [2.45, 2.75) is 6.42 Å². The number of amides is 2. The highest BCUT2D eigenvalue weighted by Gasteiger charge is 2.10. The fraction of sp³-hybridized carbons (Fsp3) is 0.0625. The normalized spacial score (nSPS) is 10.5. The van der Waals surface area contributed by atoms with Gasteiger partial charge in [0.15, 0.2) is 0 Å². The minimum atomic E-state index is -0.450. The molecule has 0 bridgehead atoms. The van der Waals surface area contributed by atoms with Crippen LogP contribution in [0.3, 0.4) is 0 Å². The van der Waals surface area contributed by atoms with Crippen molar-refractivity contribution in [3.05, 3.63) is 67.6 Å². The molecule has 0 fully saturated rings. The van der Waals surface area contributed by atoms with E-state index in [1.54, 1.807) is 18.2 Å². The molecule has 0 spiro atoms. The summed E-state index contributed by atoms with van der Waals surface area (Å²) in [6.07, 6.45) is 0.642. The van der Waals surface area contributed by atoms with Crippen LogP contribution in [0.5, 0.6) is 0 Å². The Morgan fingerprint density at radius 3 is 2.72 bits per heavy atom. The number of hydrogen-bond acceptors (Lipinski definition) is 4. The van der Waals surface area contributed by atoms with Gasteiger partial charge in [0.1, 0.15) is 5.01 Å². The van der Waals surface area contributed by atoms with E-state index in [1.165, 1.54) is 11.3 Å². The van der Waals surface area contributed by atoms with Crippen molar-refractivity contribution in [3.63, 3.8) is 0 Å². The van der Waals surface area contributed by atoms with Gasteiger partial charge in [-0.3, -0.25) is 5.32 Å². The van der Waals surface area contributed by atoms with E-state index >= 15 is 0 Å². The third-order valence-electron chi connectivity index (χ3n) is 3.11. The summed E-state index contributed by atoms with van der Waals surface area (Å²) in [5.41, 5.74) is 1.57. The van der Waals surface area contributed by atoms with Crippen LogP contribution < -0.4 is 10.6 Å². The molecule has 2 amide bonds. The quantitative estimate of drug-likeness (QED) is 0.516. The third-order valence-corrected chi connectivity index (χ3v) is 4.99. The Morgan fingerprint density at radius 2 is 1.96 bits per heavy atom. The topological polar surface area (TPSA) is 66.9 Å². The van der Waals surface area contributed by atoms with Gasteiger partial charge >= 0.3 is 6.03 Å². The first-order chi connectivity index (χ1) is 12.0. The highest BCUT2D eigenvalue weighted by atomic mass is 79.9. The summed E-state index contributed by atoms with van der Waals surface area (Å²) in [5, 5.41) is 15.4. The van der Waals surface area contributed by atoms with Gasteiger partial charge in [0.2, 0.25) is 5.13 Å². The number of rotatable bonds is 4. The lowest BCUT2D eigenvalue weighted by Crippen LogP contribution is -2.19. The van der Waals surface area contributed by atoms with Crippen LogP contribution in [-0.2, 0) is 6.42 Å². The number of nitrogens with zero attached hydrogens (tertiary/aromatic N) is 2. The number of urea groups is 1. The largest absolute Gasteiger partial charge is 0.325 e. The van der Waals surface area contributed by atoms with E-state index in [-0.39, 0.29) is 0 Å².